The Morgan fingerprint density at radius 2 is 1.62 bits per heavy atom. The van der Waals surface area contributed by atoms with Gasteiger partial charge in [0.05, 0.1) is 17.0 Å². The molecule has 7 nitrogen and oxygen atoms in total. The van der Waals surface area contributed by atoms with E-state index in [4.69, 9.17) is 0 Å². The zero-order valence-electron chi connectivity index (χ0n) is 23.0. The molecular formula is C31H37FN4O3S. The monoisotopic (exact) mass is 564 g/mol. The number of benzene rings is 1. The molecule has 2 aliphatic carbocycles. The van der Waals surface area contributed by atoms with Crippen LogP contribution >= 0.6 is 11.8 Å². The summed E-state index contributed by atoms with van der Waals surface area (Å²) in [4.78, 5) is 45.3. The molecule has 1 saturated heterocycles. The lowest BCUT2D eigenvalue weighted by Gasteiger charge is -2.35. The molecule has 3 heterocycles. The number of aryl methyl sites for hydroxylation is 1. The number of fused-ring (bicyclic) bond motifs is 1. The van der Waals surface area contributed by atoms with E-state index in [1.54, 1.807) is 4.57 Å². The highest BCUT2D eigenvalue weighted by Gasteiger charge is 2.43. The Labute approximate surface area is 237 Å². The maximum atomic E-state index is 14.2. The molecule has 0 spiro atoms. The first-order chi connectivity index (χ1) is 19.4. The van der Waals surface area contributed by atoms with Gasteiger partial charge in [0.2, 0.25) is 5.91 Å². The molecule has 1 N–H and O–H groups in total. The molecule has 2 aromatic heterocycles. The van der Waals surface area contributed by atoms with Crippen LogP contribution in [-0.2, 0) is 10.2 Å². The van der Waals surface area contributed by atoms with E-state index in [0.29, 0.717) is 25.7 Å². The molecule has 3 fully saturated rings. The van der Waals surface area contributed by atoms with E-state index in [0.717, 1.165) is 61.8 Å². The molecule has 0 bridgehead atoms. The van der Waals surface area contributed by atoms with Crippen LogP contribution in [0.1, 0.15) is 87.4 Å². The number of pyridine rings is 1. The lowest BCUT2D eigenvalue weighted by molar-refractivity contribution is -0.127. The largest absolute Gasteiger partial charge is 0.353 e. The van der Waals surface area contributed by atoms with Crippen LogP contribution in [0.5, 0.6) is 0 Å². The maximum Gasteiger partial charge on any atom is 0.333 e. The predicted octanol–water partition coefficient (Wildman–Crippen LogP) is 5.19. The second-order valence-electron chi connectivity index (χ2n) is 11.8. The van der Waals surface area contributed by atoms with Crippen LogP contribution in [0.25, 0.3) is 11.0 Å². The summed E-state index contributed by atoms with van der Waals surface area (Å²) in [5, 5.41) is 3.51. The quantitative estimate of drug-likeness (QED) is 0.461. The van der Waals surface area contributed by atoms with Crippen molar-refractivity contribution in [2.75, 3.05) is 11.5 Å². The van der Waals surface area contributed by atoms with Gasteiger partial charge in [-0.1, -0.05) is 42.7 Å². The molecule has 0 atom stereocenters. The van der Waals surface area contributed by atoms with E-state index in [1.165, 1.54) is 16.2 Å². The van der Waals surface area contributed by atoms with Gasteiger partial charge in [0, 0.05) is 18.1 Å². The van der Waals surface area contributed by atoms with Gasteiger partial charge in [-0.15, -0.1) is 0 Å². The van der Waals surface area contributed by atoms with Gasteiger partial charge in [0.15, 0.2) is 0 Å². The fourth-order valence-electron chi connectivity index (χ4n) is 7.10. The Hall–Kier alpha value is -2.94. The van der Waals surface area contributed by atoms with E-state index in [2.05, 4.69) is 41.5 Å². The second-order valence-corrected chi connectivity index (χ2v) is 13.1. The summed E-state index contributed by atoms with van der Waals surface area (Å²) in [6, 6.07) is 9.22. The van der Waals surface area contributed by atoms with Crippen molar-refractivity contribution in [1.82, 2.24) is 19.4 Å². The van der Waals surface area contributed by atoms with Crippen molar-refractivity contribution >= 4 is 28.7 Å². The normalized spacial score (nSPS) is 23.4. The fraction of sp³-hybridized carbons (Fsp3) is 0.548. The Kier molecular flexibility index (Phi) is 7.59. The third-order valence-electron chi connectivity index (χ3n) is 9.37. The molecule has 212 valence electrons. The second kappa shape index (κ2) is 11.1. The molecule has 1 amide bonds. The number of aromatic nitrogens is 3. The predicted molar refractivity (Wildman–Crippen MR) is 157 cm³/mol. The summed E-state index contributed by atoms with van der Waals surface area (Å²) in [5.74, 6) is 1.39. The number of hydrogen-bond acceptors (Lipinski definition) is 5. The van der Waals surface area contributed by atoms with Crippen molar-refractivity contribution in [3.05, 3.63) is 74.3 Å². The number of rotatable bonds is 5. The summed E-state index contributed by atoms with van der Waals surface area (Å²) >= 11 is 1.86. The highest BCUT2D eigenvalue weighted by atomic mass is 32.2. The summed E-state index contributed by atoms with van der Waals surface area (Å²) in [6.45, 7) is 2.06. The van der Waals surface area contributed by atoms with Gasteiger partial charge in [-0.05, 0) is 81.4 Å². The number of thioether (sulfide) groups is 1. The lowest BCUT2D eigenvalue weighted by atomic mass is 9.77. The molecule has 3 aliphatic rings. The van der Waals surface area contributed by atoms with Crippen LogP contribution in [-0.4, -0.2) is 37.6 Å². The van der Waals surface area contributed by atoms with Crippen molar-refractivity contribution < 1.29 is 9.18 Å². The van der Waals surface area contributed by atoms with Gasteiger partial charge in [0.25, 0.3) is 5.56 Å². The van der Waals surface area contributed by atoms with E-state index < -0.39 is 16.8 Å². The number of hydrogen-bond donors (Lipinski definition) is 1. The molecule has 2 saturated carbocycles. The zero-order chi connectivity index (χ0) is 27.9. The minimum atomic E-state index is -0.582. The maximum absolute atomic E-state index is 14.2. The first-order valence-corrected chi connectivity index (χ1v) is 15.8. The van der Waals surface area contributed by atoms with Gasteiger partial charge in [-0.3, -0.25) is 18.7 Å². The lowest BCUT2D eigenvalue weighted by Crippen LogP contribution is -2.49. The minimum Gasteiger partial charge on any atom is -0.353 e. The zero-order valence-corrected chi connectivity index (χ0v) is 23.9. The molecule has 0 unspecified atom stereocenters. The number of carbonyl (C=O) groups is 1. The highest BCUT2D eigenvalue weighted by Crippen LogP contribution is 2.42. The van der Waals surface area contributed by atoms with Crippen molar-refractivity contribution in [2.24, 2.45) is 0 Å². The summed E-state index contributed by atoms with van der Waals surface area (Å²) in [7, 11) is 0. The smallest absolute Gasteiger partial charge is 0.333 e. The van der Waals surface area contributed by atoms with Crippen LogP contribution in [0.2, 0.25) is 0 Å². The summed E-state index contributed by atoms with van der Waals surface area (Å²) < 4.78 is 17.2. The minimum absolute atomic E-state index is 0.000428. The molecule has 3 aromatic rings. The third kappa shape index (κ3) is 4.91. The van der Waals surface area contributed by atoms with Crippen molar-refractivity contribution in [3.63, 3.8) is 0 Å². The summed E-state index contributed by atoms with van der Waals surface area (Å²) in [5.41, 5.74) is 1.26. The van der Waals surface area contributed by atoms with Crippen molar-refractivity contribution in [1.29, 1.82) is 0 Å². The molecule has 0 radical (unpaired) electrons. The summed E-state index contributed by atoms with van der Waals surface area (Å²) in [6.07, 6.45) is 9.09. The number of carbonyl (C=O) groups excluding carboxylic acids is 1. The fourth-order valence-corrected chi connectivity index (χ4v) is 8.18. The molecule has 1 aromatic carbocycles. The third-order valence-corrected chi connectivity index (χ3v) is 10.4. The van der Waals surface area contributed by atoms with Gasteiger partial charge in [0.1, 0.15) is 11.5 Å². The van der Waals surface area contributed by atoms with Crippen LogP contribution < -0.4 is 16.6 Å². The van der Waals surface area contributed by atoms with Crippen molar-refractivity contribution in [2.45, 2.75) is 94.7 Å². The van der Waals surface area contributed by atoms with Crippen LogP contribution in [0.3, 0.4) is 0 Å². The average molecular weight is 565 g/mol. The van der Waals surface area contributed by atoms with Crippen LogP contribution in [0.15, 0.2) is 46.1 Å². The standard InChI is InChI=1S/C31H37FN4O3S/c1-20-4-6-21(7-5-20)31(14-2-3-15-31)29(38)34-23-8-10-24(11-9-23)36-28(37)26-18-22(32)19-33-27(26)35(30(36)39)25-12-16-40-17-13-25/h4-7,18-19,23-25H,2-3,8-17H2,1H3,(H,34,38). The van der Waals surface area contributed by atoms with E-state index >= 15 is 0 Å². The van der Waals surface area contributed by atoms with E-state index in [1.807, 2.05) is 11.8 Å². The number of nitrogens with one attached hydrogen (secondary N) is 1. The SMILES string of the molecule is Cc1ccc(C2(C(=O)NC3CCC(n4c(=O)c5cc(F)cnc5n(C5CCSCC5)c4=O)CC3)CCCC2)cc1. The average Bonchev–Trinajstić information content (AvgIpc) is 3.47. The Balaban J connectivity index is 1.24. The Morgan fingerprint density at radius 3 is 2.30 bits per heavy atom. The Bertz CT molecular complexity index is 1510. The number of nitrogens with zero attached hydrogens (tertiary/aromatic N) is 3. The van der Waals surface area contributed by atoms with Gasteiger partial charge in [-0.2, -0.15) is 11.8 Å². The number of amides is 1. The first-order valence-electron chi connectivity index (χ1n) is 14.7. The molecular weight excluding hydrogens is 527 g/mol. The van der Waals surface area contributed by atoms with E-state index in [9.17, 15) is 18.8 Å². The van der Waals surface area contributed by atoms with Crippen LogP contribution in [0.4, 0.5) is 4.39 Å². The van der Waals surface area contributed by atoms with E-state index in [-0.39, 0.29) is 40.8 Å². The molecule has 9 heteroatoms. The molecule has 40 heavy (non-hydrogen) atoms. The highest BCUT2D eigenvalue weighted by molar-refractivity contribution is 7.99. The molecule has 6 rings (SSSR count). The van der Waals surface area contributed by atoms with Gasteiger partial charge < -0.3 is 5.32 Å². The van der Waals surface area contributed by atoms with Crippen molar-refractivity contribution in [3.8, 4) is 0 Å². The topological polar surface area (TPSA) is 86.0 Å². The number of halogens is 1. The molecule has 1 aliphatic heterocycles. The van der Waals surface area contributed by atoms with Gasteiger partial charge in [-0.25, -0.2) is 14.2 Å². The van der Waals surface area contributed by atoms with Crippen LogP contribution in [0, 0.1) is 12.7 Å². The van der Waals surface area contributed by atoms with Gasteiger partial charge >= 0.3 is 5.69 Å². The Morgan fingerprint density at radius 1 is 0.975 bits per heavy atom. The first kappa shape index (κ1) is 27.2.